The van der Waals surface area contributed by atoms with E-state index in [2.05, 4.69) is 78.4 Å². The molecule has 2 aromatic rings. The van der Waals surface area contributed by atoms with Crippen LogP contribution in [-0.4, -0.2) is 43.5 Å². The number of rotatable bonds is 6. The van der Waals surface area contributed by atoms with Gasteiger partial charge in [0.25, 0.3) is 0 Å². The standard InChI is InChI=1S/C23H31N3O/c1-4-20-9-6-8-19(3)23(20)24-22(27)11-12-25-13-15-26(16-14-25)21-10-5-7-18(2)17-21/h5-10,17H,4,11-16H2,1-3H3,(H,24,27). The quantitative estimate of drug-likeness (QED) is 0.840. The first-order valence-corrected chi connectivity index (χ1v) is 9.99. The van der Waals surface area contributed by atoms with Crippen molar-refractivity contribution in [1.82, 2.24) is 4.90 Å². The van der Waals surface area contributed by atoms with Gasteiger partial charge in [-0.05, 0) is 49.1 Å². The highest BCUT2D eigenvalue weighted by Gasteiger charge is 2.18. The van der Waals surface area contributed by atoms with Gasteiger partial charge in [-0.1, -0.05) is 37.3 Å². The van der Waals surface area contributed by atoms with Crippen molar-refractivity contribution in [3.05, 3.63) is 59.2 Å². The van der Waals surface area contributed by atoms with Gasteiger partial charge >= 0.3 is 0 Å². The maximum atomic E-state index is 12.5. The second-order valence-corrected chi connectivity index (χ2v) is 7.43. The fraction of sp³-hybridized carbons (Fsp3) is 0.435. The Hall–Kier alpha value is -2.33. The van der Waals surface area contributed by atoms with Gasteiger partial charge < -0.3 is 10.2 Å². The van der Waals surface area contributed by atoms with E-state index in [-0.39, 0.29) is 5.91 Å². The molecule has 27 heavy (non-hydrogen) atoms. The number of nitrogens with one attached hydrogen (secondary N) is 1. The average molecular weight is 366 g/mol. The van der Waals surface area contributed by atoms with Gasteiger partial charge in [0.2, 0.25) is 5.91 Å². The van der Waals surface area contributed by atoms with Crippen LogP contribution in [0.5, 0.6) is 0 Å². The number of hydrogen-bond donors (Lipinski definition) is 1. The van der Waals surface area contributed by atoms with E-state index in [1.807, 2.05) is 0 Å². The maximum Gasteiger partial charge on any atom is 0.225 e. The number of benzene rings is 2. The normalized spacial score (nSPS) is 15.0. The minimum absolute atomic E-state index is 0.111. The van der Waals surface area contributed by atoms with E-state index in [1.165, 1.54) is 16.8 Å². The van der Waals surface area contributed by atoms with Crippen LogP contribution in [0, 0.1) is 13.8 Å². The third kappa shape index (κ3) is 5.10. The highest BCUT2D eigenvalue weighted by Crippen LogP contribution is 2.21. The lowest BCUT2D eigenvalue weighted by Gasteiger charge is -2.36. The van der Waals surface area contributed by atoms with Crippen LogP contribution in [0.2, 0.25) is 0 Å². The topological polar surface area (TPSA) is 35.6 Å². The van der Waals surface area contributed by atoms with Gasteiger partial charge in [-0.25, -0.2) is 0 Å². The van der Waals surface area contributed by atoms with Crippen molar-refractivity contribution in [1.29, 1.82) is 0 Å². The number of piperazine rings is 1. The van der Waals surface area contributed by atoms with Gasteiger partial charge in [-0.3, -0.25) is 9.69 Å². The van der Waals surface area contributed by atoms with Gasteiger partial charge in [0.1, 0.15) is 0 Å². The van der Waals surface area contributed by atoms with E-state index in [4.69, 9.17) is 0 Å². The third-order valence-corrected chi connectivity index (χ3v) is 5.40. The minimum atomic E-state index is 0.111. The summed E-state index contributed by atoms with van der Waals surface area (Å²) in [5.74, 6) is 0.111. The SMILES string of the molecule is CCc1cccc(C)c1NC(=O)CCN1CCN(c2cccc(C)c2)CC1. The van der Waals surface area contributed by atoms with E-state index in [1.54, 1.807) is 0 Å². The minimum Gasteiger partial charge on any atom is -0.369 e. The molecule has 0 radical (unpaired) electrons. The molecule has 0 aromatic heterocycles. The Balaban J connectivity index is 1.47. The molecule has 1 heterocycles. The molecule has 4 nitrogen and oxygen atoms in total. The number of anilines is 2. The Kier molecular flexibility index (Phi) is 6.51. The highest BCUT2D eigenvalue weighted by atomic mass is 16.1. The number of amides is 1. The molecule has 0 saturated carbocycles. The largest absolute Gasteiger partial charge is 0.369 e. The molecule has 0 atom stereocenters. The Bertz CT molecular complexity index is 779. The number of aryl methyl sites for hydroxylation is 3. The van der Waals surface area contributed by atoms with Crippen molar-refractivity contribution in [3.63, 3.8) is 0 Å². The molecule has 0 bridgehead atoms. The van der Waals surface area contributed by atoms with E-state index in [9.17, 15) is 4.79 Å². The molecule has 1 aliphatic rings. The number of carbonyl (C=O) groups excluding carboxylic acids is 1. The summed E-state index contributed by atoms with van der Waals surface area (Å²) in [6, 6.07) is 14.9. The second-order valence-electron chi connectivity index (χ2n) is 7.43. The molecule has 0 spiro atoms. The predicted octanol–water partition coefficient (Wildman–Crippen LogP) is 4.02. The molecule has 1 fully saturated rings. The van der Waals surface area contributed by atoms with Gasteiger partial charge in [0.05, 0.1) is 0 Å². The average Bonchev–Trinajstić information content (AvgIpc) is 2.68. The molecule has 1 amide bonds. The Morgan fingerprint density at radius 1 is 1.04 bits per heavy atom. The summed E-state index contributed by atoms with van der Waals surface area (Å²) in [7, 11) is 0. The van der Waals surface area contributed by atoms with Crippen molar-refractivity contribution in [2.45, 2.75) is 33.6 Å². The molecule has 0 unspecified atom stereocenters. The van der Waals surface area contributed by atoms with E-state index >= 15 is 0 Å². The lowest BCUT2D eigenvalue weighted by Crippen LogP contribution is -2.47. The maximum absolute atomic E-state index is 12.5. The molecule has 4 heteroatoms. The zero-order valence-corrected chi connectivity index (χ0v) is 16.8. The molecular formula is C23H31N3O. The Labute approximate surface area is 163 Å². The summed E-state index contributed by atoms with van der Waals surface area (Å²) in [5.41, 5.74) is 5.94. The summed E-state index contributed by atoms with van der Waals surface area (Å²) in [4.78, 5) is 17.3. The molecule has 1 aliphatic heterocycles. The third-order valence-electron chi connectivity index (χ3n) is 5.40. The van der Waals surface area contributed by atoms with Crippen molar-refractivity contribution in [2.75, 3.05) is 42.9 Å². The van der Waals surface area contributed by atoms with E-state index in [0.29, 0.717) is 6.42 Å². The van der Waals surface area contributed by atoms with Gasteiger partial charge in [0, 0.05) is 50.5 Å². The first kappa shape index (κ1) is 19.4. The van der Waals surface area contributed by atoms with Crippen LogP contribution >= 0.6 is 0 Å². The smallest absolute Gasteiger partial charge is 0.225 e. The van der Waals surface area contributed by atoms with E-state index < -0.39 is 0 Å². The van der Waals surface area contributed by atoms with Gasteiger partial charge in [0.15, 0.2) is 0 Å². The van der Waals surface area contributed by atoms with Crippen molar-refractivity contribution < 1.29 is 4.79 Å². The fourth-order valence-corrected chi connectivity index (χ4v) is 3.72. The number of hydrogen-bond acceptors (Lipinski definition) is 3. The van der Waals surface area contributed by atoms with Crippen molar-refractivity contribution in [3.8, 4) is 0 Å². The number of carbonyl (C=O) groups is 1. The molecule has 1 saturated heterocycles. The summed E-state index contributed by atoms with van der Waals surface area (Å²) in [6.45, 7) is 11.2. The van der Waals surface area contributed by atoms with Crippen LogP contribution in [0.3, 0.4) is 0 Å². The molecule has 3 rings (SSSR count). The number of para-hydroxylation sites is 1. The lowest BCUT2D eigenvalue weighted by molar-refractivity contribution is -0.116. The van der Waals surface area contributed by atoms with Crippen molar-refractivity contribution in [2.24, 2.45) is 0 Å². The summed E-state index contributed by atoms with van der Waals surface area (Å²) < 4.78 is 0. The second kappa shape index (κ2) is 9.05. The zero-order chi connectivity index (χ0) is 19.2. The summed E-state index contributed by atoms with van der Waals surface area (Å²) in [6.07, 6.45) is 1.47. The van der Waals surface area contributed by atoms with E-state index in [0.717, 1.165) is 50.4 Å². The summed E-state index contributed by atoms with van der Waals surface area (Å²) >= 11 is 0. The summed E-state index contributed by atoms with van der Waals surface area (Å²) in [5, 5.41) is 3.13. The number of nitrogens with zero attached hydrogens (tertiary/aromatic N) is 2. The molecule has 1 N–H and O–H groups in total. The fourth-order valence-electron chi connectivity index (χ4n) is 3.72. The van der Waals surface area contributed by atoms with Crippen LogP contribution in [0.25, 0.3) is 0 Å². The van der Waals surface area contributed by atoms with Gasteiger partial charge in [-0.15, -0.1) is 0 Å². The lowest BCUT2D eigenvalue weighted by atomic mass is 10.1. The van der Waals surface area contributed by atoms with Crippen LogP contribution < -0.4 is 10.2 Å². The highest BCUT2D eigenvalue weighted by molar-refractivity contribution is 5.92. The zero-order valence-electron chi connectivity index (χ0n) is 16.8. The van der Waals surface area contributed by atoms with Crippen LogP contribution in [0.1, 0.15) is 30.0 Å². The molecular weight excluding hydrogens is 334 g/mol. The molecule has 144 valence electrons. The Morgan fingerprint density at radius 2 is 1.78 bits per heavy atom. The Morgan fingerprint density at radius 3 is 2.48 bits per heavy atom. The van der Waals surface area contributed by atoms with Crippen LogP contribution in [0.15, 0.2) is 42.5 Å². The van der Waals surface area contributed by atoms with Gasteiger partial charge in [-0.2, -0.15) is 0 Å². The van der Waals surface area contributed by atoms with Crippen LogP contribution in [0.4, 0.5) is 11.4 Å². The van der Waals surface area contributed by atoms with Crippen molar-refractivity contribution >= 4 is 17.3 Å². The molecule has 2 aromatic carbocycles. The first-order valence-electron chi connectivity index (χ1n) is 9.99. The van der Waals surface area contributed by atoms with Crippen LogP contribution in [-0.2, 0) is 11.2 Å². The predicted molar refractivity (Wildman–Crippen MR) is 114 cm³/mol. The monoisotopic (exact) mass is 365 g/mol. The first-order chi connectivity index (χ1) is 13.1. The molecule has 0 aliphatic carbocycles.